The Labute approximate surface area is 107 Å². The maximum Gasteiger partial charge on any atom is 0.223 e. The van der Waals surface area contributed by atoms with Gasteiger partial charge in [0.2, 0.25) is 5.95 Å². The minimum Gasteiger partial charge on any atom is -0.381 e. The van der Waals surface area contributed by atoms with Crippen LogP contribution in [-0.2, 0) is 4.74 Å². The monoisotopic (exact) mass is 253 g/mol. The predicted octanol–water partition coefficient (Wildman–Crippen LogP) is 2.57. The van der Waals surface area contributed by atoms with Crippen molar-refractivity contribution in [1.82, 2.24) is 9.97 Å². The lowest BCUT2D eigenvalue weighted by Gasteiger charge is -2.28. The summed E-state index contributed by atoms with van der Waals surface area (Å²) < 4.78 is 5.36. The fraction of sp³-hybridized carbons (Fsp3) is 0.667. The highest BCUT2D eigenvalue weighted by atomic mass is 32.2. The molecule has 0 spiro atoms. The topological polar surface area (TPSA) is 47.0 Å². The molecule has 0 radical (unpaired) electrons. The zero-order valence-corrected chi connectivity index (χ0v) is 11.2. The summed E-state index contributed by atoms with van der Waals surface area (Å²) >= 11 is 1.64. The number of thioether (sulfide) groups is 1. The van der Waals surface area contributed by atoms with Crippen molar-refractivity contribution in [3.8, 4) is 0 Å². The second-order valence-corrected chi connectivity index (χ2v) is 5.10. The van der Waals surface area contributed by atoms with Crippen LogP contribution in [0, 0.1) is 0 Å². The fourth-order valence-corrected chi connectivity index (χ4v) is 2.53. The van der Waals surface area contributed by atoms with Gasteiger partial charge in [-0.25, -0.2) is 9.97 Å². The highest BCUT2D eigenvalue weighted by Crippen LogP contribution is 2.23. The van der Waals surface area contributed by atoms with Gasteiger partial charge in [0.05, 0.1) is 6.10 Å². The summed E-state index contributed by atoms with van der Waals surface area (Å²) in [6, 6.07) is 2.41. The van der Waals surface area contributed by atoms with Gasteiger partial charge in [-0.1, -0.05) is 0 Å². The maximum atomic E-state index is 5.36. The van der Waals surface area contributed by atoms with Crippen LogP contribution in [0.5, 0.6) is 0 Å². The van der Waals surface area contributed by atoms with E-state index in [1.165, 1.54) is 0 Å². The Morgan fingerprint density at radius 2 is 2.12 bits per heavy atom. The van der Waals surface area contributed by atoms with Crippen molar-refractivity contribution in [2.75, 3.05) is 18.7 Å². The summed E-state index contributed by atoms with van der Waals surface area (Å²) in [6.07, 6.45) is 8.77. The predicted molar refractivity (Wildman–Crippen MR) is 70.5 cm³/mol. The van der Waals surface area contributed by atoms with Crippen molar-refractivity contribution in [3.05, 3.63) is 12.3 Å². The average Bonchev–Trinajstić information content (AvgIpc) is 2.40. The summed E-state index contributed by atoms with van der Waals surface area (Å²) in [4.78, 5) is 8.69. The molecular formula is C12H19N3OS. The first-order valence-electron chi connectivity index (χ1n) is 5.98. The molecule has 1 aliphatic rings. The minimum absolute atomic E-state index is 0.437. The molecule has 0 amide bonds. The first-order valence-corrected chi connectivity index (χ1v) is 7.20. The van der Waals surface area contributed by atoms with E-state index in [1.807, 2.05) is 18.5 Å². The standard InChI is InChI=1S/C12H19N3OS/c1-16-10-5-3-9(4-6-10)14-12-13-8-7-11(15-12)17-2/h7-10H,3-6H2,1-2H3,(H,13,14,15). The van der Waals surface area contributed by atoms with Crippen LogP contribution in [-0.4, -0.2) is 35.5 Å². The summed E-state index contributed by atoms with van der Waals surface area (Å²) in [5.74, 6) is 0.748. The minimum atomic E-state index is 0.437. The van der Waals surface area contributed by atoms with E-state index in [0.29, 0.717) is 12.1 Å². The van der Waals surface area contributed by atoms with E-state index >= 15 is 0 Å². The van der Waals surface area contributed by atoms with Crippen molar-refractivity contribution >= 4 is 17.7 Å². The molecule has 1 saturated carbocycles. The highest BCUT2D eigenvalue weighted by Gasteiger charge is 2.21. The Morgan fingerprint density at radius 3 is 2.76 bits per heavy atom. The number of hydrogen-bond acceptors (Lipinski definition) is 5. The van der Waals surface area contributed by atoms with Gasteiger partial charge in [-0.2, -0.15) is 0 Å². The number of hydrogen-bond donors (Lipinski definition) is 1. The molecule has 1 heterocycles. The molecule has 0 bridgehead atoms. The molecule has 0 aromatic carbocycles. The van der Waals surface area contributed by atoms with Crippen molar-refractivity contribution in [3.63, 3.8) is 0 Å². The zero-order chi connectivity index (χ0) is 12.1. The van der Waals surface area contributed by atoms with Crippen LogP contribution in [0.3, 0.4) is 0 Å². The molecule has 0 atom stereocenters. The fourth-order valence-electron chi connectivity index (χ4n) is 2.15. The molecule has 1 aliphatic carbocycles. The van der Waals surface area contributed by atoms with Crippen LogP contribution < -0.4 is 5.32 Å². The average molecular weight is 253 g/mol. The van der Waals surface area contributed by atoms with E-state index in [0.717, 1.165) is 36.7 Å². The third kappa shape index (κ3) is 3.57. The van der Waals surface area contributed by atoms with Gasteiger partial charge in [0.1, 0.15) is 5.03 Å². The number of nitrogens with one attached hydrogen (secondary N) is 1. The number of ether oxygens (including phenoxy) is 1. The Hall–Kier alpha value is -0.810. The quantitative estimate of drug-likeness (QED) is 0.660. The molecule has 5 heteroatoms. The first-order chi connectivity index (χ1) is 8.31. The Bertz CT molecular complexity index is 353. The van der Waals surface area contributed by atoms with Gasteiger partial charge in [0, 0.05) is 19.3 Å². The van der Waals surface area contributed by atoms with Crippen LogP contribution in [0.2, 0.25) is 0 Å². The lowest BCUT2D eigenvalue weighted by Crippen LogP contribution is -2.29. The highest BCUT2D eigenvalue weighted by molar-refractivity contribution is 7.98. The smallest absolute Gasteiger partial charge is 0.223 e. The van der Waals surface area contributed by atoms with Gasteiger partial charge in [-0.3, -0.25) is 0 Å². The summed E-state index contributed by atoms with van der Waals surface area (Å²) in [7, 11) is 1.80. The number of aromatic nitrogens is 2. The van der Waals surface area contributed by atoms with Crippen LogP contribution in [0.1, 0.15) is 25.7 Å². The molecule has 2 rings (SSSR count). The van der Waals surface area contributed by atoms with Gasteiger partial charge >= 0.3 is 0 Å². The van der Waals surface area contributed by atoms with Gasteiger partial charge in [-0.15, -0.1) is 11.8 Å². The molecule has 0 saturated heterocycles. The second kappa shape index (κ2) is 6.21. The molecule has 1 fully saturated rings. The van der Waals surface area contributed by atoms with E-state index < -0.39 is 0 Å². The van der Waals surface area contributed by atoms with E-state index in [9.17, 15) is 0 Å². The van der Waals surface area contributed by atoms with E-state index in [1.54, 1.807) is 18.9 Å². The molecule has 94 valence electrons. The van der Waals surface area contributed by atoms with E-state index in [2.05, 4.69) is 15.3 Å². The Balaban J connectivity index is 1.88. The third-order valence-corrected chi connectivity index (χ3v) is 3.83. The van der Waals surface area contributed by atoms with Crippen molar-refractivity contribution < 1.29 is 4.74 Å². The molecule has 17 heavy (non-hydrogen) atoms. The molecule has 1 N–H and O–H groups in total. The SMILES string of the molecule is COC1CCC(Nc2nccc(SC)n2)CC1. The Morgan fingerprint density at radius 1 is 1.35 bits per heavy atom. The number of nitrogens with zero attached hydrogens (tertiary/aromatic N) is 2. The largest absolute Gasteiger partial charge is 0.381 e. The molecule has 0 aliphatic heterocycles. The van der Waals surface area contributed by atoms with Crippen molar-refractivity contribution in [2.24, 2.45) is 0 Å². The van der Waals surface area contributed by atoms with E-state index in [-0.39, 0.29) is 0 Å². The van der Waals surface area contributed by atoms with Gasteiger partial charge in [0.15, 0.2) is 0 Å². The Kier molecular flexibility index (Phi) is 4.62. The summed E-state index contributed by atoms with van der Waals surface area (Å²) in [5.41, 5.74) is 0. The molecule has 1 aromatic rings. The lowest BCUT2D eigenvalue weighted by atomic mass is 9.93. The zero-order valence-electron chi connectivity index (χ0n) is 10.3. The first kappa shape index (κ1) is 12.6. The maximum absolute atomic E-state index is 5.36. The van der Waals surface area contributed by atoms with Crippen molar-refractivity contribution in [2.45, 2.75) is 42.9 Å². The van der Waals surface area contributed by atoms with Gasteiger partial charge in [0.25, 0.3) is 0 Å². The molecule has 0 unspecified atom stereocenters. The third-order valence-electron chi connectivity index (χ3n) is 3.18. The summed E-state index contributed by atoms with van der Waals surface area (Å²) in [5, 5.41) is 4.42. The van der Waals surface area contributed by atoms with Crippen LogP contribution in [0.15, 0.2) is 17.3 Å². The van der Waals surface area contributed by atoms with Crippen molar-refractivity contribution in [1.29, 1.82) is 0 Å². The molecular weight excluding hydrogens is 234 g/mol. The van der Waals surface area contributed by atoms with Crippen LogP contribution in [0.4, 0.5) is 5.95 Å². The normalized spacial score (nSPS) is 24.6. The molecule has 1 aromatic heterocycles. The number of anilines is 1. The van der Waals surface area contributed by atoms with Gasteiger partial charge in [-0.05, 0) is 38.0 Å². The number of rotatable bonds is 4. The summed E-state index contributed by atoms with van der Waals surface area (Å²) in [6.45, 7) is 0. The van der Waals surface area contributed by atoms with E-state index in [4.69, 9.17) is 4.74 Å². The van der Waals surface area contributed by atoms with Crippen LogP contribution >= 0.6 is 11.8 Å². The second-order valence-electron chi connectivity index (χ2n) is 4.28. The van der Waals surface area contributed by atoms with Gasteiger partial charge < -0.3 is 10.1 Å². The number of methoxy groups -OCH3 is 1. The lowest BCUT2D eigenvalue weighted by molar-refractivity contribution is 0.0681. The van der Waals surface area contributed by atoms with Crippen LogP contribution in [0.25, 0.3) is 0 Å². The molecule has 4 nitrogen and oxygen atoms in total.